The van der Waals surface area contributed by atoms with Crippen LogP contribution in [0.5, 0.6) is 0 Å². The fourth-order valence-corrected chi connectivity index (χ4v) is 6.23. The molecule has 0 unspecified atom stereocenters. The molecule has 0 bridgehead atoms. The molecule has 1 atom stereocenters. The highest BCUT2D eigenvalue weighted by Gasteiger charge is 2.38. The molecule has 0 saturated carbocycles. The average molecular weight is 587 g/mol. The Balaban J connectivity index is 1.54. The van der Waals surface area contributed by atoms with Crippen molar-refractivity contribution in [2.75, 3.05) is 17.2 Å². The Morgan fingerprint density at radius 3 is 2.51 bits per heavy atom. The lowest BCUT2D eigenvalue weighted by atomic mass is 9.99. The van der Waals surface area contributed by atoms with Gasteiger partial charge in [-0.05, 0) is 42.0 Å². The molecule has 41 heavy (non-hydrogen) atoms. The van der Waals surface area contributed by atoms with Crippen LogP contribution >= 0.6 is 23.4 Å². The van der Waals surface area contributed by atoms with Crippen molar-refractivity contribution in [3.05, 3.63) is 125 Å². The molecule has 206 valence electrons. The van der Waals surface area contributed by atoms with Crippen molar-refractivity contribution in [2.45, 2.75) is 11.8 Å². The van der Waals surface area contributed by atoms with E-state index in [9.17, 15) is 14.0 Å². The monoisotopic (exact) mass is 586 g/mol. The Bertz CT molecular complexity index is 1690. The number of rotatable bonds is 7. The van der Waals surface area contributed by atoms with E-state index < -0.39 is 0 Å². The molecule has 2 amide bonds. The van der Waals surface area contributed by atoms with Crippen LogP contribution in [0.25, 0.3) is 16.9 Å². The Labute approximate surface area is 244 Å². The number of carbonyl (C=O) groups excluding carboxylic acids is 2. The first-order valence-corrected chi connectivity index (χ1v) is 14.3. The molecule has 0 radical (unpaired) electrons. The van der Waals surface area contributed by atoms with Gasteiger partial charge in [0.15, 0.2) is 0 Å². The topological polar surface area (TPSA) is 80.4 Å². The van der Waals surface area contributed by atoms with E-state index in [0.717, 1.165) is 16.7 Å². The molecule has 0 aliphatic carbocycles. The van der Waals surface area contributed by atoms with Crippen LogP contribution in [0.4, 0.5) is 10.2 Å². The SMILES string of the molecule is O=C(CN1C(=O)CS[C@@H](c2ccc(F)cc2)c2c(-c3ccccc3)nn(-c3ccccc3Cl)c21)NCc1ccco1. The van der Waals surface area contributed by atoms with Gasteiger partial charge in [-0.15, -0.1) is 11.8 Å². The fourth-order valence-electron chi connectivity index (χ4n) is 4.82. The summed E-state index contributed by atoms with van der Waals surface area (Å²) in [5.41, 5.74) is 3.57. The number of hydrogen-bond acceptors (Lipinski definition) is 5. The summed E-state index contributed by atoms with van der Waals surface area (Å²) in [5, 5.41) is 7.90. The zero-order valence-corrected chi connectivity index (χ0v) is 23.2. The summed E-state index contributed by atoms with van der Waals surface area (Å²) in [6, 6.07) is 26.6. The van der Waals surface area contributed by atoms with Gasteiger partial charge in [0.05, 0.1) is 40.2 Å². The molecule has 1 aliphatic rings. The summed E-state index contributed by atoms with van der Waals surface area (Å²) >= 11 is 8.07. The van der Waals surface area contributed by atoms with Crippen LogP contribution in [-0.4, -0.2) is 33.9 Å². The minimum absolute atomic E-state index is 0.0962. The first-order valence-electron chi connectivity index (χ1n) is 12.9. The molecule has 1 N–H and O–H groups in total. The Morgan fingerprint density at radius 1 is 1.02 bits per heavy atom. The number of halogens is 2. The summed E-state index contributed by atoms with van der Waals surface area (Å²) < 4.78 is 20.9. The second kappa shape index (κ2) is 11.6. The lowest BCUT2D eigenvalue weighted by molar-refractivity contribution is -0.123. The molecular weight excluding hydrogens is 563 g/mol. The highest BCUT2D eigenvalue weighted by molar-refractivity contribution is 8.00. The first-order chi connectivity index (χ1) is 20.0. The van der Waals surface area contributed by atoms with Crippen molar-refractivity contribution in [2.24, 2.45) is 0 Å². The van der Waals surface area contributed by atoms with Crippen LogP contribution in [-0.2, 0) is 16.1 Å². The molecule has 0 fully saturated rings. The number of nitrogens with one attached hydrogen (secondary N) is 1. The van der Waals surface area contributed by atoms with E-state index in [2.05, 4.69) is 5.32 Å². The van der Waals surface area contributed by atoms with Gasteiger partial charge in [-0.2, -0.15) is 5.10 Å². The van der Waals surface area contributed by atoms with Gasteiger partial charge >= 0.3 is 0 Å². The Kier molecular flexibility index (Phi) is 7.63. The first kappa shape index (κ1) is 26.9. The highest BCUT2D eigenvalue weighted by atomic mass is 35.5. The quantitative estimate of drug-likeness (QED) is 0.238. The lowest BCUT2D eigenvalue weighted by Gasteiger charge is -2.23. The van der Waals surface area contributed by atoms with Crippen molar-refractivity contribution >= 4 is 41.0 Å². The van der Waals surface area contributed by atoms with Crippen molar-refractivity contribution in [1.29, 1.82) is 0 Å². The second-order valence-corrected chi connectivity index (χ2v) is 10.9. The van der Waals surface area contributed by atoms with E-state index in [0.29, 0.717) is 28.0 Å². The van der Waals surface area contributed by atoms with Gasteiger partial charge in [-0.25, -0.2) is 9.07 Å². The van der Waals surface area contributed by atoms with E-state index in [-0.39, 0.29) is 41.7 Å². The molecular formula is C31H24ClFN4O3S. The van der Waals surface area contributed by atoms with Crippen LogP contribution in [0.1, 0.15) is 22.1 Å². The number of benzene rings is 3. The molecule has 10 heteroatoms. The number of nitrogens with zero attached hydrogens (tertiary/aromatic N) is 3. The third-order valence-corrected chi connectivity index (χ3v) is 8.31. The molecule has 0 saturated heterocycles. The zero-order valence-electron chi connectivity index (χ0n) is 21.7. The van der Waals surface area contributed by atoms with Crippen molar-refractivity contribution in [1.82, 2.24) is 15.1 Å². The summed E-state index contributed by atoms with van der Waals surface area (Å²) in [5.74, 6) is 0.156. The van der Waals surface area contributed by atoms with E-state index in [1.165, 1.54) is 35.1 Å². The summed E-state index contributed by atoms with van der Waals surface area (Å²) in [6.45, 7) is -0.0552. The van der Waals surface area contributed by atoms with Gasteiger partial charge in [0, 0.05) is 11.1 Å². The Hall–Kier alpha value is -4.34. The maximum absolute atomic E-state index is 13.9. The number of para-hydroxylation sites is 1. The predicted molar refractivity (Wildman–Crippen MR) is 158 cm³/mol. The van der Waals surface area contributed by atoms with E-state index in [4.69, 9.17) is 21.1 Å². The van der Waals surface area contributed by atoms with E-state index >= 15 is 0 Å². The summed E-state index contributed by atoms with van der Waals surface area (Å²) in [4.78, 5) is 28.4. The minimum Gasteiger partial charge on any atom is -0.467 e. The Morgan fingerprint density at radius 2 is 1.78 bits per heavy atom. The molecule has 0 spiro atoms. The van der Waals surface area contributed by atoms with Crippen molar-refractivity contribution < 1.29 is 18.4 Å². The highest BCUT2D eigenvalue weighted by Crippen LogP contribution is 2.48. The standard InChI is InChI=1S/C31H24ClFN4O3S/c32-24-10-4-5-11-25(24)37-31-28(29(35-37)20-7-2-1-3-8-20)30(21-12-14-22(33)15-13-21)41-19-27(39)36(31)18-26(38)34-17-23-9-6-16-40-23/h1-16,30H,17-19H2,(H,34,38)/t30-/m0/s1. The molecule has 6 rings (SSSR count). The molecule has 3 aromatic carbocycles. The third kappa shape index (κ3) is 5.51. The molecule has 2 aromatic heterocycles. The number of furan rings is 1. The third-order valence-electron chi connectivity index (χ3n) is 6.73. The van der Waals surface area contributed by atoms with Crippen molar-refractivity contribution in [3.63, 3.8) is 0 Å². The van der Waals surface area contributed by atoms with Crippen LogP contribution in [0.2, 0.25) is 5.02 Å². The van der Waals surface area contributed by atoms with Crippen LogP contribution in [0.15, 0.2) is 102 Å². The molecule has 1 aliphatic heterocycles. The zero-order chi connectivity index (χ0) is 28.3. The van der Waals surface area contributed by atoms with Crippen LogP contribution in [0, 0.1) is 5.82 Å². The second-order valence-electron chi connectivity index (χ2n) is 9.39. The number of carbonyl (C=O) groups is 2. The fraction of sp³-hybridized carbons (Fsp3) is 0.129. The molecule has 5 aromatic rings. The van der Waals surface area contributed by atoms with Gasteiger partial charge in [0.1, 0.15) is 23.9 Å². The van der Waals surface area contributed by atoms with Crippen LogP contribution < -0.4 is 10.2 Å². The van der Waals surface area contributed by atoms with Gasteiger partial charge < -0.3 is 9.73 Å². The average Bonchev–Trinajstić information content (AvgIpc) is 3.62. The van der Waals surface area contributed by atoms with Gasteiger partial charge in [-0.3, -0.25) is 14.5 Å². The number of amides is 2. The maximum Gasteiger partial charge on any atom is 0.240 e. The molecule has 7 nitrogen and oxygen atoms in total. The van der Waals surface area contributed by atoms with E-state index in [1.54, 1.807) is 35.0 Å². The minimum atomic E-state index is -0.378. The summed E-state index contributed by atoms with van der Waals surface area (Å²) in [7, 11) is 0. The molecule has 3 heterocycles. The number of hydrogen-bond donors (Lipinski definition) is 1. The summed E-state index contributed by atoms with van der Waals surface area (Å²) in [6.07, 6.45) is 1.53. The van der Waals surface area contributed by atoms with Gasteiger partial charge in [0.2, 0.25) is 11.8 Å². The number of fused-ring (bicyclic) bond motifs is 1. The number of anilines is 1. The maximum atomic E-state index is 13.9. The van der Waals surface area contributed by atoms with Crippen molar-refractivity contribution in [3.8, 4) is 16.9 Å². The largest absolute Gasteiger partial charge is 0.467 e. The predicted octanol–water partition coefficient (Wildman–Crippen LogP) is 6.41. The lowest BCUT2D eigenvalue weighted by Crippen LogP contribution is -2.42. The number of aromatic nitrogens is 2. The van der Waals surface area contributed by atoms with Crippen LogP contribution in [0.3, 0.4) is 0 Å². The number of thioether (sulfide) groups is 1. The van der Waals surface area contributed by atoms with E-state index in [1.807, 2.05) is 48.5 Å². The van der Waals surface area contributed by atoms with Gasteiger partial charge in [-0.1, -0.05) is 66.2 Å². The normalized spacial score (nSPS) is 14.9. The van der Waals surface area contributed by atoms with Gasteiger partial charge in [0.25, 0.3) is 0 Å². The smallest absolute Gasteiger partial charge is 0.240 e.